The van der Waals surface area contributed by atoms with E-state index < -0.39 is 0 Å². The summed E-state index contributed by atoms with van der Waals surface area (Å²) < 4.78 is 5.58. The van der Waals surface area contributed by atoms with Crippen LogP contribution in [0.5, 0.6) is 5.75 Å². The monoisotopic (exact) mass is 290 g/mol. The Hall–Kier alpha value is -2.88. The first-order valence-corrected chi connectivity index (χ1v) is 7.20. The molecule has 4 rings (SSSR count). The van der Waals surface area contributed by atoms with Crippen molar-refractivity contribution >= 4 is 16.8 Å². The molecule has 2 aromatic carbocycles. The van der Waals surface area contributed by atoms with Crippen LogP contribution >= 0.6 is 0 Å². The summed E-state index contributed by atoms with van der Waals surface area (Å²) in [6.07, 6.45) is 0. The number of para-hydroxylation sites is 2. The van der Waals surface area contributed by atoms with E-state index in [4.69, 9.17) is 4.74 Å². The molecule has 1 amide bonds. The number of amides is 1. The molecule has 3 aromatic rings. The first kappa shape index (κ1) is 12.8. The zero-order valence-corrected chi connectivity index (χ0v) is 11.8. The minimum absolute atomic E-state index is 0.128. The standard InChI is InChI=1S/C18H14N2O2/c21-18(15-10-9-12-5-1-3-7-14(12)19-15)20-16-11-22-17-8-4-2-6-13(16)17/h1-10,16H,11H2,(H,20,21)/t16-/m0/s1. The molecule has 2 heterocycles. The van der Waals surface area contributed by atoms with E-state index in [9.17, 15) is 4.79 Å². The van der Waals surface area contributed by atoms with Crippen LogP contribution in [0.4, 0.5) is 0 Å². The van der Waals surface area contributed by atoms with E-state index in [0.29, 0.717) is 12.3 Å². The van der Waals surface area contributed by atoms with E-state index in [0.717, 1.165) is 22.2 Å². The van der Waals surface area contributed by atoms with Crippen molar-refractivity contribution in [1.82, 2.24) is 10.3 Å². The lowest BCUT2D eigenvalue weighted by molar-refractivity contribution is 0.0925. The second kappa shape index (κ2) is 5.15. The molecule has 1 aromatic heterocycles. The van der Waals surface area contributed by atoms with Crippen molar-refractivity contribution in [3.63, 3.8) is 0 Å². The average molecular weight is 290 g/mol. The minimum Gasteiger partial charge on any atom is -0.491 e. The summed E-state index contributed by atoms with van der Waals surface area (Å²) in [7, 11) is 0. The average Bonchev–Trinajstić information content (AvgIpc) is 2.97. The molecule has 0 unspecified atom stereocenters. The van der Waals surface area contributed by atoms with Gasteiger partial charge in [0, 0.05) is 10.9 Å². The lowest BCUT2D eigenvalue weighted by atomic mass is 10.1. The Labute approximate surface area is 127 Å². The fraction of sp³-hybridized carbons (Fsp3) is 0.111. The predicted octanol–water partition coefficient (Wildman–Crippen LogP) is 3.10. The van der Waals surface area contributed by atoms with Crippen molar-refractivity contribution in [1.29, 1.82) is 0 Å². The van der Waals surface area contributed by atoms with E-state index in [1.165, 1.54) is 0 Å². The molecule has 4 nitrogen and oxygen atoms in total. The number of hydrogen-bond acceptors (Lipinski definition) is 3. The number of carbonyl (C=O) groups excluding carboxylic acids is 1. The van der Waals surface area contributed by atoms with E-state index in [1.54, 1.807) is 6.07 Å². The van der Waals surface area contributed by atoms with Crippen LogP contribution in [0.1, 0.15) is 22.1 Å². The number of fused-ring (bicyclic) bond motifs is 2. The van der Waals surface area contributed by atoms with E-state index in [2.05, 4.69) is 10.3 Å². The van der Waals surface area contributed by atoms with Gasteiger partial charge in [-0.3, -0.25) is 4.79 Å². The second-order valence-corrected chi connectivity index (χ2v) is 5.26. The molecule has 0 saturated carbocycles. The van der Waals surface area contributed by atoms with Gasteiger partial charge < -0.3 is 10.1 Å². The summed E-state index contributed by atoms with van der Waals surface area (Å²) in [5, 5.41) is 4.01. The molecule has 0 spiro atoms. The van der Waals surface area contributed by atoms with Crippen LogP contribution in [-0.2, 0) is 0 Å². The molecular weight excluding hydrogens is 276 g/mol. The lowest BCUT2D eigenvalue weighted by Gasteiger charge is -2.11. The summed E-state index contributed by atoms with van der Waals surface area (Å²) in [6.45, 7) is 0.457. The molecule has 0 fully saturated rings. The van der Waals surface area contributed by atoms with Crippen molar-refractivity contribution in [3.05, 3.63) is 71.9 Å². The maximum absolute atomic E-state index is 12.4. The fourth-order valence-corrected chi connectivity index (χ4v) is 2.71. The van der Waals surface area contributed by atoms with Crippen molar-refractivity contribution in [3.8, 4) is 5.75 Å². The molecule has 1 aliphatic heterocycles. The van der Waals surface area contributed by atoms with Crippen LogP contribution in [-0.4, -0.2) is 17.5 Å². The van der Waals surface area contributed by atoms with Gasteiger partial charge in [-0.25, -0.2) is 4.98 Å². The highest BCUT2D eigenvalue weighted by atomic mass is 16.5. The number of aromatic nitrogens is 1. The van der Waals surface area contributed by atoms with Gasteiger partial charge in [0.25, 0.3) is 5.91 Å². The fourth-order valence-electron chi connectivity index (χ4n) is 2.71. The highest BCUT2D eigenvalue weighted by Gasteiger charge is 2.25. The lowest BCUT2D eigenvalue weighted by Crippen LogP contribution is -2.30. The topological polar surface area (TPSA) is 51.2 Å². The third kappa shape index (κ3) is 2.19. The molecule has 1 atom stereocenters. The van der Waals surface area contributed by atoms with Crippen molar-refractivity contribution < 1.29 is 9.53 Å². The number of ether oxygens (including phenoxy) is 1. The molecule has 108 valence electrons. The van der Waals surface area contributed by atoms with Gasteiger partial charge in [-0.1, -0.05) is 42.5 Å². The van der Waals surface area contributed by atoms with Crippen LogP contribution in [0, 0.1) is 0 Å². The molecule has 0 saturated heterocycles. The SMILES string of the molecule is O=C(N[C@H]1COc2ccccc21)c1ccc2ccccc2n1. The van der Waals surface area contributed by atoms with Gasteiger partial charge in [-0.2, -0.15) is 0 Å². The molecule has 22 heavy (non-hydrogen) atoms. The first-order valence-electron chi connectivity index (χ1n) is 7.20. The summed E-state index contributed by atoms with van der Waals surface area (Å²) in [5.74, 6) is 0.648. The molecular formula is C18H14N2O2. The number of rotatable bonds is 2. The van der Waals surface area contributed by atoms with Crippen LogP contribution in [0.15, 0.2) is 60.7 Å². The molecule has 0 radical (unpaired) electrons. The zero-order chi connectivity index (χ0) is 14.9. The maximum Gasteiger partial charge on any atom is 0.270 e. The summed E-state index contributed by atoms with van der Waals surface area (Å²) >= 11 is 0. The van der Waals surface area contributed by atoms with Gasteiger partial charge in [-0.05, 0) is 18.2 Å². The quantitative estimate of drug-likeness (QED) is 0.789. The highest BCUT2D eigenvalue weighted by molar-refractivity contribution is 5.95. The third-order valence-corrected chi connectivity index (χ3v) is 3.84. The van der Waals surface area contributed by atoms with E-state index in [-0.39, 0.29) is 11.9 Å². The Kier molecular flexibility index (Phi) is 3.00. The normalized spacial score (nSPS) is 16.1. The molecule has 0 bridgehead atoms. The van der Waals surface area contributed by atoms with Crippen molar-refractivity contribution in [2.24, 2.45) is 0 Å². The predicted molar refractivity (Wildman–Crippen MR) is 83.9 cm³/mol. The largest absolute Gasteiger partial charge is 0.491 e. The van der Waals surface area contributed by atoms with E-state index >= 15 is 0 Å². The number of hydrogen-bond donors (Lipinski definition) is 1. The van der Waals surface area contributed by atoms with Gasteiger partial charge in [0.15, 0.2) is 0 Å². The molecule has 1 N–H and O–H groups in total. The molecule has 0 aliphatic carbocycles. The van der Waals surface area contributed by atoms with Gasteiger partial charge in [0.2, 0.25) is 0 Å². The molecule has 1 aliphatic rings. The van der Waals surface area contributed by atoms with Crippen molar-refractivity contribution in [2.45, 2.75) is 6.04 Å². The van der Waals surface area contributed by atoms with Gasteiger partial charge in [0.05, 0.1) is 11.6 Å². The highest BCUT2D eigenvalue weighted by Crippen LogP contribution is 2.31. The number of carbonyl (C=O) groups is 1. The number of nitrogens with one attached hydrogen (secondary N) is 1. The minimum atomic E-state index is -0.184. The maximum atomic E-state index is 12.4. The Bertz CT molecular complexity index is 860. The third-order valence-electron chi connectivity index (χ3n) is 3.84. The summed E-state index contributed by atoms with van der Waals surface area (Å²) in [5.41, 5.74) is 2.25. The number of nitrogens with zero attached hydrogens (tertiary/aromatic N) is 1. The van der Waals surface area contributed by atoms with Crippen LogP contribution in [0.2, 0.25) is 0 Å². The van der Waals surface area contributed by atoms with Crippen LogP contribution in [0.3, 0.4) is 0 Å². The second-order valence-electron chi connectivity index (χ2n) is 5.26. The Balaban J connectivity index is 1.59. The van der Waals surface area contributed by atoms with Gasteiger partial charge in [0.1, 0.15) is 18.1 Å². The summed E-state index contributed by atoms with van der Waals surface area (Å²) in [4.78, 5) is 16.8. The Morgan fingerprint density at radius 1 is 1.05 bits per heavy atom. The Morgan fingerprint density at radius 2 is 1.86 bits per heavy atom. The zero-order valence-electron chi connectivity index (χ0n) is 11.8. The van der Waals surface area contributed by atoms with Gasteiger partial charge in [-0.15, -0.1) is 0 Å². The first-order chi connectivity index (χ1) is 10.8. The molecule has 4 heteroatoms. The van der Waals surface area contributed by atoms with Crippen LogP contribution < -0.4 is 10.1 Å². The summed E-state index contributed by atoms with van der Waals surface area (Å²) in [6, 6.07) is 19.0. The number of pyridine rings is 1. The van der Waals surface area contributed by atoms with Crippen molar-refractivity contribution in [2.75, 3.05) is 6.61 Å². The van der Waals surface area contributed by atoms with E-state index in [1.807, 2.05) is 54.6 Å². The smallest absolute Gasteiger partial charge is 0.270 e. The number of benzene rings is 2. The van der Waals surface area contributed by atoms with Crippen LogP contribution in [0.25, 0.3) is 10.9 Å². The van der Waals surface area contributed by atoms with Gasteiger partial charge >= 0.3 is 0 Å². The Morgan fingerprint density at radius 3 is 2.82 bits per heavy atom.